The Morgan fingerprint density at radius 2 is 1.63 bits per heavy atom. The van der Waals surface area contributed by atoms with Crippen LogP contribution in [0.3, 0.4) is 0 Å². The highest BCUT2D eigenvalue weighted by molar-refractivity contribution is 5.96. The molecule has 0 aliphatic carbocycles. The van der Waals surface area contributed by atoms with Gasteiger partial charge < -0.3 is 30.7 Å². The molecule has 0 aromatic carbocycles. The number of amides is 5. The van der Waals surface area contributed by atoms with Crippen LogP contribution in [0.25, 0.3) is 0 Å². The molecule has 4 atom stereocenters. The number of carbonyl (C=O) groups excluding carboxylic acids is 5. The van der Waals surface area contributed by atoms with Crippen molar-refractivity contribution in [2.75, 3.05) is 19.6 Å². The van der Waals surface area contributed by atoms with Gasteiger partial charge in [-0.15, -0.1) is 0 Å². The normalized spacial score (nSPS) is 25.1. The van der Waals surface area contributed by atoms with Crippen molar-refractivity contribution in [1.82, 2.24) is 30.0 Å². The van der Waals surface area contributed by atoms with Crippen LogP contribution in [0.2, 0.25) is 0 Å². The predicted octanol–water partition coefficient (Wildman–Crippen LogP) is -1.08. The van der Waals surface area contributed by atoms with Crippen LogP contribution in [0.5, 0.6) is 0 Å². The summed E-state index contributed by atoms with van der Waals surface area (Å²) in [6.07, 6.45) is 6.83. The standard InChI is InChI=1S/C23H33N7O5/c1-14(31)28-8-4-7-19(28)23(35)30-10-3-6-18(30)21(33)27-16(11-15-12-25-13-26-15)22(34)29-9-2-5-17(29)20(24)32/h12-13,16-19H,2-11H2,1H3,(H2,24,32)(H,25,26)(H,27,33)/t16-,17-,18-,19-/m0/s1. The maximum Gasteiger partial charge on any atom is 0.246 e. The lowest BCUT2D eigenvalue weighted by Crippen LogP contribution is -2.57. The molecule has 12 heteroatoms. The first-order valence-corrected chi connectivity index (χ1v) is 12.2. The number of H-pyrrole nitrogens is 1. The van der Waals surface area contributed by atoms with E-state index in [1.165, 1.54) is 18.2 Å². The van der Waals surface area contributed by atoms with Crippen molar-refractivity contribution < 1.29 is 24.0 Å². The van der Waals surface area contributed by atoms with Crippen LogP contribution in [0.1, 0.15) is 51.1 Å². The van der Waals surface area contributed by atoms with E-state index in [-0.39, 0.29) is 24.1 Å². The molecule has 3 aliphatic rings. The third-order valence-electron chi connectivity index (χ3n) is 7.24. The predicted molar refractivity (Wildman–Crippen MR) is 123 cm³/mol. The Morgan fingerprint density at radius 3 is 2.26 bits per heavy atom. The first kappa shape index (κ1) is 24.7. The highest BCUT2D eigenvalue weighted by atomic mass is 16.2. The van der Waals surface area contributed by atoms with E-state index in [4.69, 9.17) is 5.73 Å². The van der Waals surface area contributed by atoms with Gasteiger partial charge in [-0.2, -0.15) is 0 Å². The Labute approximate surface area is 203 Å². The van der Waals surface area contributed by atoms with Gasteiger partial charge in [0.05, 0.1) is 6.33 Å². The maximum absolute atomic E-state index is 13.4. The quantitative estimate of drug-likeness (QED) is 0.443. The Kier molecular flexibility index (Phi) is 7.37. The van der Waals surface area contributed by atoms with Crippen LogP contribution in [0, 0.1) is 0 Å². The molecule has 4 rings (SSSR count). The van der Waals surface area contributed by atoms with Crippen molar-refractivity contribution in [3.8, 4) is 0 Å². The van der Waals surface area contributed by atoms with E-state index in [0.29, 0.717) is 57.4 Å². The summed E-state index contributed by atoms with van der Waals surface area (Å²) in [5, 5.41) is 2.84. The number of carbonyl (C=O) groups is 5. The summed E-state index contributed by atoms with van der Waals surface area (Å²) in [6, 6.07) is -2.92. The molecule has 1 aromatic heterocycles. The van der Waals surface area contributed by atoms with E-state index >= 15 is 0 Å². The van der Waals surface area contributed by atoms with E-state index in [0.717, 1.165) is 6.42 Å². The Hall–Kier alpha value is -3.44. The van der Waals surface area contributed by atoms with Crippen molar-refractivity contribution >= 4 is 29.5 Å². The topological polar surface area (TPSA) is 162 Å². The molecule has 1 aromatic rings. The second-order valence-corrected chi connectivity index (χ2v) is 9.49. The molecule has 35 heavy (non-hydrogen) atoms. The van der Waals surface area contributed by atoms with E-state index < -0.39 is 36.0 Å². The first-order valence-electron chi connectivity index (χ1n) is 12.2. The van der Waals surface area contributed by atoms with Gasteiger partial charge in [0.2, 0.25) is 29.5 Å². The number of primary amides is 1. The SMILES string of the molecule is CC(=O)N1CCC[C@H]1C(=O)N1CCC[C@H]1C(=O)N[C@@H](Cc1cnc[nH]1)C(=O)N1CCC[C@H]1C(N)=O. The molecule has 4 heterocycles. The zero-order valence-electron chi connectivity index (χ0n) is 19.9. The number of aromatic amines is 1. The third-order valence-corrected chi connectivity index (χ3v) is 7.24. The molecule has 3 saturated heterocycles. The second kappa shape index (κ2) is 10.4. The van der Waals surface area contributed by atoms with Gasteiger partial charge in [0, 0.05) is 44.9 Å². The molecule has 0 saturated carbocycles. The Morgan fingerprint density at radius 1 is 1.00 bits per heavy atom. The summed E-state index contributed by atoms with van der Waals surface area (Å²) in [4.78, 5) is 75.4. The first-order chi connectivity index (χ1) is 16.8. The van der Waals surface area contributed by atoms with Gasteiger partial charge >= 0.3 is 0 Å². The van der Waals surface area contributed by atoms with Crippen LogP contribution in [0.4, 0.5) is 0 Å². The molecule has 0 spiro atoms. The van der Waals surface area contributed by atoms with Crippen molar-refractivity contribution in [2.45, 2.75) is 76.0 Å². The molecule has 190 valence electrons. The fourth-order valence-electron chi connectivity index (χ4n) is 5.51. The highest BCUT2D eigenvalue weighted by Crippen LogP contribution is 2.25. The Bertz CT molecular complexity index is 981. The molecule has 12 nitrogen and oxygen atoms in total. The van der Waals surface area contributed by atoms with Gasteiger partial charge in [-0.05, 0) is 38.5 Å². The highest BCUT2D eigenvalue weighted by Gasteiger charge is 2.43. The molecule has 4 N–H and O–H groups in total. The number of nitrogens with two attached hydrogens (primary N) is 1. The number of nitrogens with zero attached hydrogens (tertiary/aromatic N) is 4. The van der Waals surface area contributed by atoms with Crippen molar-refractivity contribution in [2.24, 2.45) is 5.73 Å². The molecular formula is C23H33N7O5. The monoisotopic (exact) mass is 487 g/mol. The zero-order valence-corrected chi connectivity index (χ0v) is 19.9. The van der Waals surface area contributed by atoms with E-state index in [1.54, 1.807) is 16.0 Å². The fourth-order valence-corrected chi connectivity index (χ4v) is 5.51. The molecule has 3 fully saturated rings. The van der Waals surface area contributed by atoms with Crippen LogP contribution in [0.15, 0.2) is 12.5 Å². The van der Waals surface area contributed by atoms with Crippen LogP contribution >= 0.6 is 0 Å². The van der Waals surface area contributed by atoms with Crippen molar-refractivity contribution in [3.05, 3.63) is 18.2 Å². The van der Waals surface area contributed by atoms with Gasteiger partial charge in [-0.1, -0.05) is 0 Å². The maximum atomic E-state index is 13.4. The molecular weight excluding hydrogens is 454 g/mol. The number of rotatable bonds is 7. The van der Waals surface area contributed by atoms with E-state index in [9.17, 15) is 24.0 Å². The summed E-state index contributed by atoms with van der Waals surface area (Å²) in [7, 11) is 0. The summed E-state index contributed by atoms with van der Waals surface area (Å²) in [5.41, 5.74) is 6.15. The number of likely N-dealkylation sites (tertiary alicyclic amines) is 3. The van der Waals surface area contributed by atoms with Crippen LogP contribution in [-0.4, -0.2) is 98.0 Å². The lowest BCUT2D eigenvalue weighted by Gasteiger charge is -2.32. The number of hydrogen-bond donors (Lipinski definition) is 3. The lowest BCUT2D eigenvalue weighted by atomic mass is 10.1. The van der Waals surface area contributed by atoms with Gasteiger partial charge in [0.1, 0.15) is 24.2 Å². The van der Waals surface area contributed by atoms with E-state index in [2.05, 4.69) is 15.3 Å². The van der Waals surface area contributed by atoms with Gasteiger partial charge in [-0.25, -0.2) is 4.98 Å². The molecule has 0 bridgehead atoms. The minimum atomic E-state index is -0.944. The minimum absolute atomic E-state index is 0.152. The molecule has 5 amide bonds. The summed E-state index contributed by atoms with van der Waals surface area (Å²) in [5.74, 6) is -1.75. The molecule has 3 aliphatic heterocycles. The van der Waals surface area contributed by atoms with Gasteiger partial charge in [-0.3, -0.25) is 24.0 Å². The molecule has 0 radical (unpaired) electrons. The number of hydrogen-bond acceptors (Lipinski definition) is 6. The smallest absolute Gasteiger partial charge is 0.246 e. The average Bonchev–Trinajstić information content (AvgIpc) is 3.63. The lowest BCUT2D eigenvalue weighted by molar-refractivity contribution is -0.147. The summed E-state index contributed by atoms with van der Waals surface area (Å²) in [6.45, 7) is 2.80. The van der Waals surface area contributed by atoms with Gasteiger partial charge in [0.15, 0.2) is 0 Å². The zero-order chi connectivity index (χ0) is 25.1. The second-order valence-electron chi connectivity index (χ2n) is 9.49. The fraction of sp³-hybridized carbons (Fsp3) is 0.652. The average molecular weight is 488 g/mol. The largest absolute Gasteiger partial charge is 0.368 e. The summed E-state index contributed by atoms with van der Waals surface area (Å²) >= 11 is 0. The minimum Gasteiger partial charge on any atom is -0.368 e. The Balaban J connectivity index is 1.49. The number of imidazole rings is 1. The van der Waals surface area contributed by atoms with Crippen molar-refractivity contribution in [3.63, 3.8) is 0 Å². The summed E-state index contributed by atoms with van der Waals surface area (Å²) < 4.78 is 0. The number of aromatic nitrogens is 2. The third kappa shape index (κ3) is 5.15. The number of nitrogens with one attached hydrogen (secondary N) is 2. The van der Waals surface area contributed by atoms with E-state index in [1.807, 2.05) is 0 Å². The van der Waals surface area contributed by atoms with Crippen molar-refractivity contribution in [1.29, 1.82) is 0 Å². The molecule has 0 unspecified atom stereocenters. The van der Waals surface area contributed by atoms with Gasteiger partial charge in [0.25, 0.3) is 0 Å². The van der Waals surface area contributed by atoms with Crippen LogP contribution in [-0.2, 0) is 30.4 Å². The van der Waals surface area contributed by atoms with Crippen LogP contribution < -0.4 is 11.1 Å².